The predicted octanol–water partition coefficient (Wildman–Crippen LogP) is 3.76. The quantitative estimate of drug-likeness (QED) is 0.657. The lowest BCUT2D eigenvalue weighted by Crippen LogP contribution is -2.27. The highest BCUT2D eigenvalue weighted by atomic mass is 14.8. The number of allylic oxidation sites excluding steroid dienone is 1. The summed E-state index contributed by atoms with van der Waals surface area (Å²) in [5.74, 6) is 1.67. The molecule has 1 rings (SSSR count). The summed E-state index contributed by atoms with van der Waals surface area (Å²) in [6, 6.07) is 0. The Bertz CT molecular complexity index is 192. The number of hydrogen-bond donors (Lipinski definition) is 1. The molecule has 1 N–H and O–H groups in total. The molecule has 1 atom stereocenters. The first kappa shape index (κ1) is 12.8. The van der Waals surface area contributed by atoms with Gasteiger partial charge in [0.2, 0.25) is 0 Å². The topological polar surface area (TPSA) is 12.0 Å². The van der Waals surface area contributed by atoms with Gasteiger partial charge in [-0.05, 0) is 44.6 Å². The van der Waals surface area contributed by atoms with Crippen LogP contribution in [0, 0.1) is 11.8 Å². The number of hydrogen-bond acceptors (Lipinski definition) is 1. The summed E-state index contributed by atoms with van der Waals surface area (Å²) >= 11 is 0. The minimum Gasteiger partial charge on any atom is -0.319 e. The summed E-state index contributed by atoms with van der Waals surface area (Å²) < 4.78 is 0. The Balaban J connectivity index is 2.66. The first-order valence-corrected chi connectivity index (χ1v) is 6.66. The Hall–Kier alpha value is -0.300. The molecule has 15 heavy (non-hydrogen) atoms. The van der Waals surface area contributed by atoms with Crippen LogP contribution in [0.4, 0.5) is 0 Å². The molecule has 0 aromatic heterocycles. The second kappa shape index (κ2) is 7.05. The molecule has 0 saturated heterocycles. The van der Waals surface area contributed by atoms with Crippen LogP contribution in [0.1, 0.15) is 52.4 Å². The van der Waals surface area contributed by atoms with Crippen LogP contribution in [0.3, 0.4) is 0 Å². The molecule has 0 heterocycles. The van der Waals surface area contributed by atoms with Gasteiger partial charge in [0.1, 0.15) is 0 Å². The molecule has 1 aliphatic rings. The van der Waals surface area contributed by atoms with E-state index in [2.05, 4.69) is 32.3 Å². The van der Waals surface area contributed by atoms with Gasteiger partial charge in [-0.15, -0.1) is 0 Å². The molecule has 1 aliphatic carbocycles. The maximum atomic E-state index is 3.37. The SMILES string of the molecule is CCC(CC)C(CNC)C1=CCCCC1. The van der Waals surface area contributed by atoms with Crippen molar-refractivity contribution in [3.63, 3.8) is 0 Å². The third kappa shape index (κ3) is 3.64. The molecule has 0 aliphatic heterocycles. The zero-order chi connectivity index (χ0) is 11.1. The lowest BCUT2D eigenvalue weighted by molar-refractivity contribution is 0.335. The minimum atomic E-state index is 0.797. The fraction of sp³-hybridized carbons (Fsp3) is 0.857. The fourth-order valence-electron chi connectivity index (χ4n) is 2.88. The Labute approximate surface area is 95.3 Å². The predicted molar refractivity (Wildman–Crippen MR) is 68.0 cm³/mol. The molecule has 0 spiro atoms. The van der Waals surface area contributed by atoms with Crippen LogP contribution in [-0.2, 0) is 0 Å². The molecule has 1 unspecified atom stereocenters. The van der Waals surface area contributed by atoms with Crippen LogP contribution < -0.4 is 5.32 Å². The Morgan fingerprint density at radius 2 is 2.00 bits per heavy atom. The first-order valence-electron chi connectivity index (χ1n) is 6.66. The highest BCUT2D eigenvalue weighted by molar-refractivity contribution is 5.11. The molecule has 0 aromatic rings. The second-order valence-electron chi connectivity index (χ2n) is 4.77. The van der Waals surface area contributed by atoms with E-state index < -0.39 is 0 Å². The summed E-state index contributed by atoms with van der Waals surface area (Å²) in [7, 11) is 2.08. The second-order valence-corrected chi connectivity index (χ2v) is 4.77. The maximum Gasteiger partial charge on any atom is 0.00165 e. The van der Waals surface area contributed by atoms with Crippen molar-refractivity contribution in [1.82, 2.24) is 5.32 Å². The summed E-state index contributed by atoms with van der Waals surface area (Å²) in [5.41, 5.74) is 1.74. The summed E-state index contributed by atoms with van der Waals surface area (Å²) in [6.07, 6.45) is 10.6. The van der Waals surface area contributed by atoms with Crippen molar-refractivity contribution in [2.45, 2.75) is 52.4 Å². The van der Waals surface area contributed by atoms with Gasteiger partial charge >= 0.3 is 0 Å². The monoisotopic (exact) mass is 209 g/mol. The lowest BCUT2D eigenvalue weighted by atomic mass is 9.78. The zero-order valence-electron chi connectivity index (χ0n) is 10.7. The molecule has 0 fully saturated rings. The third-order valence-electron chi connectivity index (χ3n) is 3.84. The average molecular weight is 209 g/mol. The Morgan fingerprint density at radius 3 is 2.47 bits per heavy atom. The molecular weight excluding hydrogens is 182 g/mol. The van der Waals surface area contributed by atoms with Gasteiger partial charge in [0.05, 0.1) is 0 Å². The molecular formula is C14H27N. The van der Waals surface area contributed by atoms with Gasteiger partial charge < -0.3 is 5.32 Å². The van der Waals surface area contributed by atoms with E-state index in [4.69, 9.17) is 0 Å². The van der Waals surface area contributed by atoms with Gasteiger partial charge in [-0.1, -0.05) is 38.3 Å². The van der Waals surface area contributed by atoms with Crippen molar-refractivity contribution >= 4 is 0 Å². The van der Waals surface area contributed by atoms with Crippen molar-refractivity contribution in [1.29, 1.82) is 0 Å². The van der Waals surface area contributed by atoms with Crippen LogP contribution in [0.2, 0.25) is 0 Å². The van der Waals surface area contributed by atoms with Gasteiger partial charge in [-0.3, -0.25) is 0 Å². The van der Waals surface area contributed by atoms with E-state index in [1.807, 2.05) is 0 Å². The zero-order valence-corrected chi connectivity index (χ0v) is 10.7. The van der Waals surface area contributed by atoms with E-state index in [0.29, 0.717) is 0 Å². The molecule has 1 heteroatoms. The highest BCUT2D eigenvalue weighted by Crippen LogP contribution is 2.32. The van der Waals surface area contributed by atoms with Crippen molar-refractivity contribution in [2.24, 2.45) is 11.8 Å². The molecule has 0 amide bonds. The van der Waals surface area contributed by atoms with E-state index >= 15 is 0 Å². The average Bonchev–Trinajstić information content (AvgIpc) is 2.30. The summed E-state index contributed by atoms with van der Waals surface area (Å²) in [6.45, 7) is 5.83. The van der Waals surface area contributed by atoms with E-state index in [9.17, 15) is 0 Å². The Kier molecular flexibility index (Phi) is 6.00. The fourth-order valence-corrected chi connectivity index (χ4v) is 2.88. The van der Waals surface area contributed by atoms with Crippen LogP contribution in [-0.4, -0.2) is 13.6 Å². The summed E-state index contributed by atoms with van der Waals surface area (Å²) in [4.78, 5) is 0. The van der Waals surface area contributed by atoms with E-state index in [1.165, 1.54) is 38.5 Å². The smallest absolute Gasteiger partial charge is 0.00165 e. The molecule has 0 radical (unpaired) electrons. The molecule has 88 valence electrons. The van der Waals surface area contributed by atoms with E-state index in [-0.39, 0.29) is 0 Å². The lowest BCUT2D eigenvalue weighted by Gasteiger charge is -2.29. The van der Waals surface area contributed by atoms with Crippen molar-refractivity contribution in [2.75, 3.05) is 13.6 Å². The van der Waals surface area contributed by atoms with E-state index in [1.54, 1.807) is 5.57 Å². The van der Waals surface area contributed by atoms with Crippen molar-refractivity contribution < 1.29 is 0 Å². The van der Waals surface area contributed by atoms with Gasteiger partial charge in [-0.2, -0.15) is 0 Å². The van der Waals surface area contributed by atoms with Crippen molar-refractivity contribution in [3.8, 4) is 0 Å². The van der Waals surface area contributed by atoms with Crippen LogP contribution in [0.25, 0.3) is 0 Å². The first-order chi connectivity index (χ1) is 7.33. The van der Waals surface area contributed by atoms with Crippen LogP contribution in [0.5, 0.6) is 0 Å². The third-order valence-corrected chi connectivity index (χ3v) is 3.84. The number of rotatable bonds is 6. The van der Waals surface area contributed by atoms with E-state index in [0.717, 1.165) is 18.4 Å². The maximum absolute atomic E-state index is 3.37. The molecule has 1 nitrogen and oxygen atoms in total. The molecule has 0 aromatic carbocycles. The minimum absolute atomic E-state index is 0.797. The van der Waals surface area contributed by atoms with Gasteiger partial charge in [0.15, 0.2) is 0 Å². The van der Waals surface area contributed by atoms with Gasteiger partial charge in [0.25, 0.3) is 0 Å². The largest absolute Gasteiger partial charge is 0.319 e. The van der Waals surface area contributed by atoms with Crippen LogP contribution in [0.15, 0.2) is 11.6 Å². The van der Waals surface area contributed by atoms with Gasteiger partial charge in [0, 0.05) is 6.54 Å². The highest BCUT2D eigenvalue weighted by Gasteiger charge is 2.22. The standard InChI is InChI=1S/C14H27N/c1-4-12(5-2)14(11-15-3)13-9-7-6-8-10-13/h9,12,14-15H,4-8,10-11H2,1-3H3. The molecule has 0 bridgehead atoms. The number of nitrogens with one attached hydrogen (secondary N) is 1. The van der Waals surface area contributed by atoms with Crippen LogP contribution >= 0.6 is 0 Å². The normalized spacial score (nSPS) is 19.1. The van der Waals surface area contributed by atoms with Gasteiger partial charge in [-0.25, -0.2) is 0 Å². The van der Waals surface area contributed by atoms with Crippen molar-refractivity contribution in [3.05, 3.63) is 11.6 Å². The Morgan fingerprint density at radius 1 is 1.27 bits per heavy atom. The summed E-state index contributed by atoms with van der Waals surface area (Å²) in [5, 5.41) is 3.37. The molecule has 0 saturated carbocycles.